The highest BCUT2D eigenvalue weighted by atomic mass is 16.6. The Kier molecular flexibility index (Phi) is 3.19. The molecule has 0 saturated heterocycles. The van der Waals surface area contributed by atoms with Crippen LogP contribution in [-0.2, 0) is 0 Å². The van der Waals surface area contributed by atoms with Gasteiger partial charge >= 0.3 is 0 Å². The van der Waals surface area contributed by atoms with Crippen molar-refractivity contribution in [3.63, 3.8) is 0 Å². The molecule has 0 saturated carbocycles. The standard InChI is InChI=1S/C14H11NO3/c1-10(16)11-4-2-5-12(8-11)13-6-3-7-14(9-13)15(17)18/h2-9H,1H3. The summed E-state index contributed by atoms with van der Waals surface area (Å²) < 4.78 is 0. The van der Waals surface area contributed by atoms with Gasteiger partial charge in [-0.15, -0.1) is 0 Å². The number of hydrogen-bond donors (Lipinski definition) is 0. The molecule has 0 aromatic heterocycles. The normalized spacial score (nSPS) is 10.1. The SMILES string of the molecule is CC(=O)c1cccc(-c2cccc([N+](=O)[O-])c2)c1. The van der Waals surface area contributed by atoms with Crippen LogP contribution in [0.5, 0.6) is 0 Å². The maximum atomic E-state index is 11.3. The minimum absolute atomic E-state index is 0.0257. The first-order chi connectivity index (χ1) is 8.58. The van der Waals surface area contributed by atoms with Gasteiger partial charge in [0.15, 0.2) is 5.78 Å². The van der Waals surface area contributed by atoms with Gasteiger partial charge < -0.3 is 0 Å². The third-order valence-electron chi connectivity index (χ3n) is 2.66. The lowest BCUT2D eigenvalue weighted by Gasteiger charge is -2.03. The first kappa shape index (κ1) is 12.0. The molecule has 0 amide bonds. The summed E-state index contributed by atoms with van der Waals surface area (Å²) in [7, 11) is 0. The van der Waals surface area contributed by atoms with Crippen LogP contribution < -0.4 is 0 Å². The number of nitro groups is 1. The predicted octanol–water partition coefficient (Wildman–Crippen LogP) is 3.46. The monoisotopic (exact) mass is 241 g/mol. The third-order valence-corrected chi connectivity index (χ3v) is 2.66. The van der Waals surface area contributed by atoms with Crippen molar-refractivity contribution in [1.82, 2.24) is 0 Å². The molecule has 18 heavy (non-hydrogen) atoms. The highest BCUT2D eigenvalue weighted by Gasteiger charge is 2.08. The number of non-ortho nitro benzene ring substituents is 1. The van der Waals surface area contributed by atoms with Gasteiger partial charge in [0.05, 0.1) is 4.92 Å². The molecule has 90 valence electrons. The van der Waals surface area contributed by atoms with Gasteiger partial charge in [-0.3, -0.25) is 14.9 Å². The van der Waals surface area contributed by atoms with Crippen LogP contribution in [0.1, 0.15) is 17.3 Å². The van der Waals surface area contributed by atoms with Crippen LogP contribution in [0.15, 0.2) is 48.5 Å². The Morgan fingerprint density at radius 2 is 1.67 bits per heavy atom. The average Bonchev–Trinajstić information content (AvgIpc) is 2.39. The van der Waals surface area contributed by atoms with E-state index in [0.29, 0.717) is 5.56 Å². The van der Waals surface area contributed by atoms with Crippen LogP contribution in [0.25, 0.3) is 11.1 Å². The maximum Gasteiger partial charge on any atom is 0.270 e. The molecule has 4 heteroatoms. The zero-order chi connectivity index (χ0) is 13.1. The molecule has 0 bridgehead atoms. The molecule has 0 heterocycles. The number of benzene rings is 2. The summed E-state index contributed by atoms with van der Waals surface area (Å²) in [6, 6.07) is 13.4. The minimum atomic E-state index is -0.432. The number of carbonyl (C=O) groups is 1. The van der Waals surface area contributed by atoms with E-state index in [2.05, 4.69) is 0 Å². The Balaban J connectivity index is 2.48. The van der Waals surface area contributed by atoms with Gasteiger partial charge in [-0.05, 0) is 24.1 Å². The summed E-state index contributed by atoms with van der Waals surface area (Å²) in [4.78, 5) is 21.6. The molecule has 0 aliphatic carbocycles. The fourth-order valence-corrected chi connectivity index (χ4v) is 1.72. The first-order valence-corrected chi connectivity index (χ1v) is 5.44. The van der Waals surface area contributed by atoms with Crippen molar-refractivity contribution in [2.45, 2.75) is 6.92 Å². The van der Waals surface area contributed by atoms with Crippen molar-refractivity contribution >= 4 is 11.5 Å². The number of Topliss-reactive ketones (excluding diaryl/α,β-unsaturated/α-hetero) is 1. The van der Waals surface area contributed by atoms with Crippen molar-refractivity contribution in [2.24, 2.45) is 0 Å². The number of hydrogen-bond acceptors (Lipinski definition) is 3. The smallest absolute Gasteiger partial charge is 0.270 e. The lowest BCUT2D eigenvalue weighted by Crippen LogP contribution is -1.92. The van der Waals surface area contributed by atoms with Crippen LogP contribution in [0.3, 0.4) is 0 Å². The van der Waals surface area contributed by atoms with Crippen LogP contribution >= 0.6 is 0 Å². The number of nitro benzene ring substituents is 1. The summed E-state index contributed by atoms with van der Waals surface area (Å²) in [5.41, 5.74) is 2.17. The average molecular weight is 241 g/mol. The highest BCUT2D eigenvalue weighted by Crippen LogP contribution is 2.24. The molecular weight excluding hydrogens is 230 g/mol. The van der Waals surface area contributed by atoms with Crippen LogP contribution in [-0.4, -0.2) is 10.7 Å². The van der Waals surface area contributed by atoms with E-state index in [9.17, 15) is 14.9 Å². The molecule has 2 rings (SSSR count). The van der Waals surface area contributed by atoms with Gasteiger partial charge in [-0.1, -0.05) is 30.3 Å². The molecule has 0 atom stereocenters. The van der Waals surface area contributed by atoms with Crippen molar-refractivity contribution in [1.29, 1.82) is 0 Å². The van der Waals surface area contributed by atoms with E-state index < -0.39 is 4.92 Å². The van der Waals surface area contributed by atoms with E-state index in [-0.39, 0.29) is 11.5 Å². The molecule has 0 radical (unpaired) electrons. The molecule has 0 unspecified atom stereocenters. The summed E-state index contributed by atoms with van der Waals surface area (Å²) in [6.07, 6.45) is 0. The summed E-state index contributed by atoms with van der Waals surface area (Å²) >= 11 is 0. The van der Waals surface area contributed by atoms with E-state index in [4.69, 9.17) is 0 Å². The van der Waals surface area contributed by atoms with Gasteiger partial charge in [0, 0.05) is 17.7 Å². The first-order valence-electron chi connectivity index (χ1n) is 5.44. The quantitative estimate of drug-likeness (QED) is 0.469. The molecule has 0 N–H and O–H groups in total. The van der Waals surface area contributed by atoms with Gasteiger partial charge in [-0.2, -0.15) is 0 Å². The van der Waals surface area contributed by atoms with Crippen molar-refractivity contribution in [3.8, 4) is 11.1 Å². The predicted molar refractivity (Wildman–Crippen MR) is 68.5 cm³/mol. The van der Waals surface area contributed by atoms with Crippen molar-refractivity contribution in [2.75, 3.05) is 0 Å². The van der Waals surface area contributed by atoms with E-state index in [1.807, 2.05) is 6.07 Å². The van der Waals surface area contributed by atoms with Crippen LogP contribution in [0.4, 0.5) is 5.69 Å². The number of rotatable bonds is 3. The van der Waals surface area contributed by atoms with E-state index in [1.54, 1.807) is 30.3 Å². The zero-order valence-electron chi connectivity index (χ0n) is 9.79. The topological polar surface area (TPSA) is 60.2 Å². The minimum Gasteiger partial charge on any atom is -0.295 e. The van der Waals surface area contributed by atoms with Gasteiger partial charge in [0.2, 0.25) is 0 Å². The van der Waals surface area contributed by atoms with E-state index in [1.165, 1.54) is 19.1 Å². The second-order valence-corrected chi connectivity index (χ2v) is 3.94. The summed E-state index contributed by atoms with van der Waals surface area (Å²) in [5, 5.41) is 10.7. The molecule has 0 fully saturated rings. The summed E-state index contributed by atoms with van der Waals surface area (Å²) in [5.74, 6) is -0.0257. The molecule has 0 spiro atoms. The van der Waals surface area contributed by atoms with Crippen LogP contribution in [0, 0.1) is 10.1 Å². The molecule has 2 aromatic carbocycles. The Hall–Kier alpha value is -2.49. The molecule has 4 nitrogen and oxygen atoms in total. The van der Waals surface area contributed by atoms with Gasteiger partial charge in [-0.25, -0.2) is 0 Å². The lowest BCUT2D eigenvalue weighted by atomic mass is 10.0. The Morgan fingerprint density at radius 3 is 2.28 bits per heavy atom. The zero-order valence-corrected chi connectivity index (χ0v) is 9.79. The number of ketones is 1. The van der Waals surface area contributed by atoms with Gasteiger partial charge in [0.1, 0.15) is 0 Å². The third kappa shape index (κ3) is 2.43. The second-order valence-electron chi connectivity index (χ2n) is 3.94. The molecule has 0 aliphatic rings. The largest absolute Gasteiger partial charge is 0.295 e. The maximum absolute atomic E-state index is 11.3. The Morgan fingerprint density at radius 1 is 1.06 bits per heavy atom. The molecule has 0 aliphatic heterocycles. The van der Waals surface area contributed by atoms with E-state index >= 15 is 0 Å². The van der Waals surface area contributed by atoms with Crippen LogP contribution in [0.2, 0.25) is 0 Å². The molecular formula is C14H11NO3. The highest BCUT2D eigenvalue weighted by molar-refractivity contribution is 5.95. The lowest BCUT2D eigenvalue weighted by molar-refractivity contribution is -0.384. The Labute approximate surface area is 104 Å². The Bertz CT molecular complexity index is 564. The van der Waals surface area contributed by atoms with Gasteiger partial charge in [0.25, 0.3) is 5.69 Å². The fraction of sp³-hybridized carbons (Fsp3) is 0.0714. The number of carbonyl (C=O) groups excluding carboxylic acids is 1. The molecule has 2 aromatic rings. The fourth-order valence-electron chi connectivity index (χ4n) is 1.72. The summed E-state index contributed by atoms with van der Waals surface area (Å²) in [6.45, 7) is 1.49. The van der Waals surface area contributed by atoms with Crippen molar-refractivity contribution < 1.29 is 9.72 Å². The van der Waals surface area contributed by atoms with Crippen molar-refractivity contribution in [3.05, 3.63) is 64.2 Å². The second kappa shape index (κ2) is 4.79. The number of nitrogens with zero attached hydrogens (tertiary/aromatic N) is 1. The van der Waals surface area contributed by atoms with E-state index in [0.717, 1.165) is 11.1 Å².